The number of pyridine rings is 1. The van der Waals surface area contributed by atoms with E-state index in [2.05, 4.69) is 4.98 Å². The smallest absolute Gasteiger partial charge is 0.269 e. The Balaban J connectivity index is 2.49. The highest BCUT2D eigenvalue weighted by Gasteiger charge is 2.06. The van der Waals surface area contributed by atoms with Crippen LogP contribution in [0.4, 0.5) is 0 Å². The van der Waals surface area contributed by atoms with Gasteiger partial charge in [0, 0.05) is 11.1 Å². The molecule has 0 N–H and O–H groups in total. The van der Waals surface area contributed by atoms with Gasteiger partial charge in [0.25, 0.3) is 5.56 Å². The fraction of sp³-hybridized carbons (Fsp3) is 0.182. The minimum absolute atomic E-state index is 0.167. The lowest BCUT2D eigenvalue weighted by atomic mass is 10.2. The van der Waals surface area contributed by atoms with Gasteiger partial charge in [-0.15, -0.1) is 11.3 Å². The molecule has 2 aromatic heterocycles. The van der Waals surface area contributed by atoms with Crippen LogP contribution in [0, 0.1) is 18.3 Å². The zero-order chi connectivity index (χ0) is 11.5. The first-order valence-corrected chi connectivity index (χ1v) is 5.64. The Hall–Kier alpha value is -1.93. The zero-order valence-corrected chi connectivity index (χ0v) is 9.49. The molecule has 0 saturated heterocycles. The number of hydrogen-bond donors (Lipinski definition) is 0. The Morgan fingerprint density at radius 2 is 2.38 bits per heavy atom. The maximum Gasteiger partial charge on any atom is 0.269 e. The average Bonchev–Trinajstić information content (AvgIpc) is 2.77. The van der Waals surface area contributed by atoms with Gasteiger partial charge in [-0.2, -0.15) is 5.26 Å². The molecular formula is C11H9N3OS. The lowest BCUT2D eigenvalue weighted by Crippen LogP contribution is -2.24. The summed E-state index contributed by atoms with van der Waals surface area (Å²) in [6, 6.07) is 5.21. The van der Waals surface area contributed by atoms with Gasteiger partial charge in [-0.25, -0.2) is 4.98 Å². The third-order valence-electron chi connectivity index (χ3n) is 2.32. The van der Waals surface area contributed by atoms with Crippen LogP contribution in [0.1, 0.15) is 17.0 Å². The summed E-state index contributed by atoms with van der Waals surface area (Å²) in [5, 5.41) is 10.7. The van der Waals surface area contributed by atoms with Crippen LogP contribution in [0.25, 0.3) is 0 Å². The van der Waals surface area contributed by atoms with Crippen molar-refractivity contribution in [2.24, 2.45) is 0 Å². The molecule has 0 aliphatic rings. The highest BCUT2D eigenvalue weighted by atomic mass is 32.1. The minimum atomic E-state index is -0.254. The van der Waals surface area contributed by atoms with Crippen molar-refractivity contribution in [1.82, 2.24) is 9.55 Å². The van der Waals surface area contributed by atoms with Crippen LogP contribution in [0.5, 0.6) is 0 Å². The van der Waals surface area contributed by atoms with E-state index >= 15 is 0 Å². The molecule has 0 bridgehead atoms. The van der Waals surface area contributed by atoms with E-state index in [4.69, 9.17) is 5.26 Å². The third kappa shape index (κ3) is 1.88. The van der Waals surface area contributed by atoms with E-state index < -0.39 is 0 Å². The Labute approximate surface area is 96.4 Å². The third-order valence-corrected chi connectivity index (χ3v) is 2.95. The second-order valence-corrected chi connectivity index (χ2v) is 4.09. The van der Waals surface area contributed by atoms with Crippen LogP contribution in [-0.2, 0) is 6.54 Å². The lowest BCUT2D eigenvalue weighted by molar-refractivity contribution is 0.714. The number of nitriles is 1. The maximum atomic E-state index is 11.9. The summed E-state index contributed by atoms with van der Waals surface area (Å²) in [6.07, 6.45) is 0. The van der Waals surface area contributed by atoms with Crippen molar-refractivity contribution < 1.29 is 0 Å². The summed E-state index contributed by atoms with van der Waals surface area (Å²) in [6.45, 7) is 2.26. The maximum absolute atomic E-state index is 11.9. The van der Waals surface area contributed by atoms with Crippen LogP contribution < -0.4 is 5.56 Å². The molecule has 4 nitrogen and oxygen atoms in total. The quantitative estimate of drug-likeness (QED) is 0.787. The molecule has 0 aliphatic carbocycles. The molecule has 5 heteroatoms. The molecule has 0 amide bonds. The number of aromatic nitrogens is 2. The van der Waals surface area contributed by atoms with Gasteiger partial charge in [0.15, 0.2) is 0 Å². The molecule has 0 radical (unpaired) electrons. The van der Waals surface area contributed by atoms with Gasteiger partial charge in [-0.05, 0) is 19.1 Å². The summed E-state index contributed by atoms with van der Waals surface area (Å²) < 4.78 is 1.56. The van der Waals surface area contributed by atoms with E-state index in [-0.39, 0.29) is 11.1 Å². The van der Waals surface area contributed by atoms with Gasteiger partial charge < -0.3 is 4.57 Å². The van der Waals surface area contributed by atoms with Crippen molar-refractivity contribution >= 4 is 11.3 Å². The summed E-state index contributed by atoms with van der Waals surface area (Å²) >= 11 is 1.49. The second-order valence-electron chi connectivity index (χ2n) is 3.37. The fourth-order valence-corrected chi connectivity index (χ4v) is 1.98. The van der Waals surface area contributed by atoms with Crippen LogP contribution >= 0.6 is 11.3 Å². The number of aryl methyl sites for hydroxylation is 1. The van der Waals surface area contributed by atoms with E-state index in [1.54, 1.807) is 22.2 Å². The van der Waals surface area contributed by atoms with Gasteiger partial charge in [0.1, 0.15) is 11.6 Å². The Morgan fingerprint density at radius 3 is 3.00 bits per heavy atom. The van der Waals surface area contributed by atoms with E-state index in [0.29, 0.717) is 6.54 Å². The first kappa shape index (κ1) is 10.6. The number of nitrogens with zero attached hydrogens (tertiary/aromatic N) is 3. The number of hydrogen-bond acceptors (Lipinski definition) is 4. The van der Waals surface area contributed by atoms with Gasteiger partial charge in [-0.1, -0.05) is 0 Å². The molecule has 0 saturated carbocycles. The topological polar surface area (TPSA) is 58.7 Å². The van der Waals surface area contributed by atoms with Gasteiger partial charge in [0.05, 0.1) is 17.7 Å². The van der Waals surface area contributed by atoms with Crippen LogP contribution in [0.2, 0.25) is 0 Å². The van der Waals surface area contributed by atoms with Crippen molar-refractivity contribution in [3.8, 4) is 6.07 Å². The predicted octanol–water partition coefficient (Wildman–Crippen LogP) is 1.53. The van der Waals surface area contributed by atoms with E-state index in [1.807, 2.05) is 18.4 Å². The van der Waals surface area contributed by atoms with E-state index in [0.717, 1.165) is 11.4 Å². The van der Waals surface area contributed by atoms with Crippen molar-refractivity contribution in [2.45, 2.75) is 13.5 Å². The molecule has 2 rings (SSSR count). The van der Waals surface area contributed by atoms with Crippen molar-refractivity contribution in [1.29, 1.82) is 5.26 Å². The molecule has 16 heavy (non-hydrogen) atoms. The first-order chi connectivity index (χ1) is 7.72. The Bertz CT molecular complexity index is 593. The van der Waals surface area contributed by atoms with Gasteiger partial charge in [-0.3, -0.25) is 4.79 Å². The molecule has 0 aliphatic heterocycles. The Morgan fingerprint density at radius 1 is 1.56 bits per heavy atom. The fourth-order valence-electron chi connectivity index (χ4n) is 1.43. The van der Waals surface area contributed by atoms with E-state index in [9.17, 15) is 4.79 Å². The van der Waals surface area contributed by atoms with Crippen LogP contribution in [0.15, 0.2) is 27.8 Å². The molecule has 2 heterocycles. The Kier molecular flexibility index (Phi) is 2.84. The monoisotopic (exact) mass is 231 g/mol. The van der Waals surface area contributed by atoms with Crippen LogP contribution in [-0.4, -0.2) is 9.55 Å². The molecule has 0 aromatic carbocycles. The van der Waals surface area contributed by atoms with Gasteiger partial charge in [0.2, 0.25) is 0 Å². The summed E-state index contributed by atoms with van der Waals surface area (Å²) in [4.78, 5) is 16.0. The summed E-state index contributed by atoms with van der Waals surface area (Å²) in [7, 11) is 0. The number of rotatable bonds is 2. The molecule has 0 spiro atoms. The summed E-state index contributed by atoms with van der Waals surface area (Å²) in [5.41, 5.74) is 3.31. The van der Waals surface area contributed by atoms with Crippen molar-refractivity contribution in [3.63, 3.8) is 0 Å². The lowest BCUT2D eigenvalue weighted by Gasteiger charge is -2.07. The van der Waals surface area contributed by atoms with Crippen molar-refractivity contribution in [3.05, 3.63) is 50.3 Å². The zero-order valence-electron chi connectivity index (χ0n) is 8.67. The first-order valence-electron chi connectivity index (χ1n) is 4.70. The second kappa shape index (κ2) is 4.29. The normalized spacial score (nSPS) is 10.0. The molecule has 0 atom stereocenters. The molecule has 2 aromatic rings. The van der Waals surface area contributed by atoms with Crippen LogP contribution in [0.3, 0.4) is 0 Å². The summed E-state index contributed by atoms with van der Waals surface area (Å²) in [5.74, 6) is 0. The largest absolute Gasteiger partial charge is 0.306 e. The van der Waals surface area contributed by atoms with Crippen molar-refractivity contribution in [2.75, 3.05) is 0 Å². The number of thiazole rings is 1. The minimum Gasteiger partial charge on any atom is -0.306 e. The average molecular weight is 231 g/mol. The standard InChI is InChI=1S/C11H9N3OS/c1-8-2-3-9(4-12)11(15)14(8)5-10-6-16-7-13-10/h2-3,6-7H,5H2,1H3. The highest BCUT2D eigenvalue weighted by molar-refractivity contribution is 7.07. The SMILES string of the molecule is Cc1ccc(C#N)c(=O)n1Cc1cscn1. The van der Waals surface area contributed by atoms with E-state index in [1.165, 1.54) is 11.3 Å². The van der Waals surface area contributed by atoms with Gasteiger partial charge >= 0.3 is 0 Å². The highest BCUT2D eigenvalue weighted by Crippen LogP contribution is 2.05. The molecular weight excluding hydrogens is 222 g/mol. The predicted molar refractivity (Wildman–Crippen MR) is 61.4 cm³/mol. The molecule has 80 valence electrons. The molecule has 0 fully saturated rings. The molecule has 0 unspecified atom stereocenters.